The third-order valence-electron chi connectivity index (χ3n) is 8.48. The number of rotatable bonds is 7. The van der Waals surface area contributed by atoms with Crippen molar-refractivity contribution in [1.29, 1.82) is 0 Å². The van der Waals surface area contributed by atoms with E-state index in [0.717, 1.165) is 42.7 Å². The summed E-state index contributed by atoms with van der Waals surface area (Å²) >= 11 is 0. The Bertz CT molecular complexity index is 1740. The number of carbonyl (C=O) groups is 1. The highest BCUT2D eigenvalue weighted by Gasteiger charge is 2.33. The predicted octanol–water partition coefficient (Wildman–Crippen LogP) is 6.87. The van der Waals surface area contributed by atoms with Crippen LogP contribution in [0.15, 0.2) is 60.8 Å². The molecule has 3 heterocycles. The molecule has 1 atom stereocenters. The number of fused-ring (bicyclic) bond motifs is 1. The van der Waals surface area contributed by atoms with Gasteiger partial charge in [0.25, 0.3) is 5.91 Å². The number of piperazine rings is 1. The minimum absolute atomic E-state index is 0.0430. The highest BCUT2D eigenvalue weighted by Crippen LogP contribution is 2.43. The molecule has 45 heavy (non-hydrogen) atoms. The quantitative estimate of drug-likeness (QED) is 0.234. The first kappa shape index (κ1) is 30.3. The van der Waals surface area contributed by atoms with Crippen molar-refractivity contribution < 1.29 is 18.7 Å². The molecule has 1 aromatic heterocycles. The summed E-state index contributed by atoms with van der Waals surface area (Å²) in [6, 6.07) is 16.8. The van der Waals surface area contributed by atoms with E-state index in [2.05, 4.69) is 44.4 Å². The van der Waals surface area contributed by atoms with Crippen LogP contribution in [0.25, 0.3) is 0 Å². The van der Waals surface area contributed by atoms with E-state index < -0.39 is 5.91 Å². The average Bonchev–Trinajstić information content (AvgIpc) is 3.31. The third-order valence-corrected chi connectivity index (χ3v) is 8.48. The first-order valence-corrected chi connectivity index (χ1v) is 15.2. The molecule has 0 spiro atoms. The molecular formula is C35H39FN6O3. The summed E-state index contributed by atoms with van der Waals surface area (Å²) in [4.78, 5) is 27.0. The van der Waals surface area contributed by atoms with Crippen LogP contribution in [0.2, 0.25) is 0 Å². The Kier molecular flexibility index (Phi) is 8.09. The molecule has 2 N–H and O–H groups in total. The number of nitrogens with one attached hydrogen (secondary N) is 2. The third kappa shape index (κ3) is 6.42. The molecular weight excluding hydrogens is 571 g/mol. The van der Waals surface area contributed by atoms with Crippen LogP contribution in [-0.4, -0.2) is 59.1 Å². The van der Waals surface area contributed by atoms with Crippen molar-refractivity contribution in [2.75, 3.05) is 42.2 Å². The minimum atomic E-state index is -0.417. The van der Waals surface area contributed by atoms with E-state index in [1.54, 1.807) is 18.2 Å². The fraction of sp³-hybridized carbons (Fsp3) is 0.343. The van der Waals surface area contributed by atoms with Crippen molar-refractivity contribution in [2.24, 2.45) is 0 Å². The summed E-state index contributed by atoms with van der Waals surface area (Å²) in [5.41, 5.74) is 4.37. The van der Waals surface area contributed by atoms with Crippen LogP contribution in [0, 0.1) is 19.7 Å². The number of anilines is 4. The van der Waals surface area contributed by atoms with Gasteiger partial charge in [-0.15, -0.1) is 0 Å². The maximum absolute atomic E-state index is 15.3. The maximum atomic E-state index is 15.3. The zero-order valence-corrected chi connectivity index (χ0v) is 26.6. The summed E-state index contributed by atoms with van der Waals surface area (Å²) in [7, 11) is 2.08. The van der Waals surface area contributed by atoms with E-state index in [0.29, 0.717) is 34.6 Å². The van der Waals surface area contributed by atoms with Gasteiger partial charge in [-0.3, -0.25) is 4.79 Å². The fourth-order valence-electron chi connectivity index (χ4n) is 5.86. The van der Waals surface area contributed by atoms with Gasteiger partial charge in [0.05, 0.1) is 5.69 Å². The van der Waals surface area contributed by atoms with Crippen LogP contribution in [0.4, 0.5) is 27.4 Å². The smallest absolute Gasteiger partial charge is 0.262 e. The molecule has 234 valence electrons. The van der Waals surface area contributed by atoms with Gasteiger partial charge in [-0.25, -0.2) is 9.37 Å². The molecule has 6 rings (SSSR count). The van der Waals surface area contributed by atoms with Crippen molar-refractivity contribution in [3.8, 4) is 17.4 Å². The molecule has 0 bridgehead atoms. The summed E-state index contributed by atoms with van der Waals surface area (Å²) < 4.78 is 27.9. The summed E-state index contributed by atoms with van der Waals surface area (Å²) in [5.74, 6) is 0.509. The number of carbonyl (C=O) groups excluding carboxylic acids is 1. The highest BCUT2D eigenvalue weighted by molar-refractivity contribution is 6.06. The lowest BCUT2D eigenvalue weighted by Gasteiger charge is -2.39. The molecule has 1 fully saturated rings. The second-order valence-corrected chi connectivity index (χ2v) is 12.6. The topological polar surface area (TPSA) is 91.9 Å². The highest BCUT2D eigenvalue weighted by atomic mass is 19.1. The van der Waals surface area contributed by atoms with Crippen LogP contribution in [0.1, 0.15) is 47.8 Å². The number of halogens is 1. The molecule has 2 aliphatic heterocycles. The number of para-hydroxylation sites is 2. The molecule has 1 amide bonds. The Hall–Kier alpha value is -4.70. The molecule has 1 saturated heterocycles. The Morgan fingerprint density at radius 1 is 1.09 bits per heavy atom. The Morgan fingerprint density at radius 2 is 1.84 bits per heavy atom. The predicted molar refractivity (Wildman–Crippen MR) is 175 cm³/mol. The standard InChI is InChI=1S/C35H39FN6O3/c1-21-9-7-10-22(2)30(21)39-32(43)26-19-37-34(40-33(26)44-29-12-8-11-24-18-35(4,5)45-31(24)29)38-25-13-14-28(27(36)17-25)42-16-15-41(6)23(3)20-42/h7-14,17,19,23H,15-16,18,20H2,1-6H3,(H,39,43)(H,37,38,40). The Morgan fingerprint density at radius 3 is 2.58 bits per heavy atom. The van der Waals surface area contributed by atoms with Crippen molar-refractivity contribution in [3.63, 3.8) is 0 Å². The first-order valence-electron chi connectivity index (χ1n) is 15.2. The Labute approximate surface area is 263 Å². The van der Waals surface area contributed by atoms with E-state index in [4.69, 9.17) is 9.47 Å². The number of amides is 1. The zero-order valence-electron chi connectivity index (χ0n) is 26.6. The number of ether oxygens (including phenoxy) is 2. The van der Waals surface area contributed by atoms with Crippen LogP contribution in [-0.2, 0) is 6.42 Å². The van der Waals surface area contributed by atoms with E-state index in [1.807, 2.05) is 58.0 Å². The minimum Gasteiger partial charge on any atom is -0.483 e. The largest absolute Gasteiger partial charge is 0.483 e. The van der Waals surface area contributed by atoms with Crippen LogP contribution < -0.4 is 25.0 Å². The van der Waals surface area contributed by atoms with E-state index >= 15 is 4.39 Å². The monoisotopic (exact) mass is 610 g/mol. The van der Waals surface area contributed by atoms with E-state index in [1.165, 1.54) is 12.3 Å². The lowest BCUT2D eigenvalue weighted by molar-refractivity contribution is 0.102. The molecule has 1 unspecified atom stereocenters. The molecule has 4 aromatic rings. The van der Waals surface area contributed by atoms with Gasteiger partial charge >= 0.3 is 0 Å². The van der Waals surface area contributed by atoms with Crippen molar-refractivity contribution >= 4 is 28.9 Å². The van der Waals surface area contributed by atoms with Crippen LogP contribution in [0.5, 0.6) is 17.4 Å². The fourth-order valence-corrected chi connectivity index (χ4v) is 5.86. The molecule has 2 aliphatic rings. The van der Waals surface area contributed by atoms with Gasteiger partial charge in [-0.05, 0) is 77.1 Å². The van der Waals surface area contributed by atoms with E-state index in [-0.39, 0.29) is 28.8 Å². The van der Waals surface area contributed by atoms with Crippen LogP contribution in [0.3, 0.4) is 0 Å². The zero-order chi connectivity index (χ0) is 31.9. The number of hydrogen-bond donors (Lipinski definition) is 2. The molecule has 10 heteroatoms. The van der Waals surface area contributed by atoms with Gasteiger partial charge in [-0.1, -0.05) is 30.3 Å². The summed E-state index contributed by atoms with van der Waals surface area (Å²) in [6.45, 7) is 12.4. The second-order valence-electron chi connectivity index (χ2n) is 12.6. The second kappa shape index (κ2) is 12.0. The SMILES string of the molecule is Cc1cccc(C)c1NC(=O)c1cnc(Nc2ccc(N3CCN(C)C(C)C3)c(F)c2)nc1Oc1cccc2c1OC(C)(C)C2. The Balaban J connectivity index is 1.30. The first-order chi connectivity index (χ1) is 21.5. The van der Waals surface area contributed by atoms with Crippen molar-refractivity contribution in [3.05, 3.63) is 88.9 Å². The molecule has 0 aliphatic carbocycles. The number of benzene rings is 3. The van der Waals surface area contributed by atoms with Gasteiger partial charge < -0.3 is 29.9 Å². The van der Waals surface area contributed by atoms with Gasteiger partial charge in [0.1, 0.15) is 17.0 Å². The number of aryl methyl sites for hydroxylation is 2. The lowest BCUT2D eigenvalue weighted by atomic mass is 10.0. The van der Waals surface area contributed by atoms with Gasteiger partial charge in [0.2, 0.25) is 11.8 Å². The van der Waals surface area contributed by atoms with Gasteiger partial charge in [-0.2, -0.15) is 4.98 Å². The van der Waals surface area contributed by atoms with Crippen molar-refractivity contribution in [1.82, 2.24) is 14.9 Å². The molecule has 0 radical (unpaired) electrons. The number of hydrogen-bond acceptors (Lipinski definition) is 8. The number of nitrogens with zero attached hydrogens (tertiary/aromatic N) is 4. The maximum Gasteiger partial charge on any atom is 0.262 e. The van der Waals surface area contributed by atoms with Gasteiger partial charge in [0.15, 0.2) is 11.5 Å². The normalized spacial score (nSPS) is 17.4. The number of likely N-dealkylation sites (N-methyl/N-ethyl adjacent to an activating group) is 1. The lowest BCUT2D eigenvalue weighted by Crippen LogP contribution is -2.50. The molecule has 3 aromatic carbocycles. The average molecular weight is 611 g/mol. The molecule has 9 nitrogen and oxygen atoms in total. The molecule has 0 saturated carbocycles. The summed E-state index contributed by atoms with van der Waals surface area (Å²) in [5, 5.41) is 6.08. The van der Waals surface area contributed by atoms with Gasteiger partial charge in [0, 0.05) is 55.2 Å². The summed E-state index contributed by atoms with van der Waals surface area (Å²) in [6.07, 6.45) is 2.14. The van der Waals surface area contributed by atoms with Crippen molar-refractivity contribution in [2.45, 2.75) is 52.7 Å². The van der Waals surface area contributed by atoms with E-state index in [9.17, 15) is 4.79 Å². The van der Waals surface area contributed by atoms with Crippen LogP contribution >= 0.6 is 0 Å². The number of aromatic nitrogens is 2.